The third kappa shape index (κ3) is 3.98. The first-order chi connectivity index (χ1) is 11.0. The average Bonchev–Trinajstić information content (AvgIpc) is 3.25. The minimum atomic E-state index is -0.414. The van der Waals surface area contributed by atoms with Crippen LogP contribution in [-0.4, -0.2) is 23.5 Å². The van der Waals surface area contributed by atoms with Crippen molar-refractivity contribution in [1.82, 2.24) is 10.5 Å². The van der Waals surface area contributed by atoms with Crippen molar-refractivity contribution in [3.8, 4) is 0 Å². The Labute approximate surface area is 141 Å². The normalized spacial score (nSPS) is 13.7. The molecule has 1 saturated carbocycles. The van der Waals surface area contributed by atoms with Crippen LogP contribution in [0.1, 0.15) is 40.6 Å². The van der Waals surface area contributed by atoms with Gasteiger partial charge >= 0.3 is 0 Å². The van der Waals surface area contributed by atoms with Crippen LogP contribution in [0.2, 0.25) is 0 Å². The Morgan fingerprint density at radius 2 is 2.13 bits per heavy atom. The number of carbonyl (C=O) groups excluding carboxylic acids is 2. The molecule has 1 heterocycles. The van der Waals surface area contributed by atoms with Crippen molar-refractivity contribution in [2.45, 2.75) is 25.7 Å². The van der Waals surface area contributed by atoms with Crippen LogP contribution >= 0.6 is 15.9 Å². The van der Waals surface area contributed by atoms with Crippen LogP contribution in [0.5, 0.6) is 0 Å². The van der Waals surface area contributed by atoms with Crippen molar-refractivity contribution in [3.05, 3.63) is 45.8 Å². The summed E-state index contributed by atoms with van der Waals surface area (Å²) in [6.45, 7) is 1.77. The molecule has 7 heteroatoms. The first-order valence-electron chi connectivity index (χ1n) is 7.34. The van der Waals surface area contributed by atoms with Crippen molar-refractivity contribution in [2.24, 2.45) is 0 Å². The molecule has 0 atom stereocenters. The number of halogens is 1. The number of amides is 2. The van der Waals surface area contributed by atoms with Crippen LogP contribution < -0.4 is 10.6 Å². The smallest absolute Gasteiger partial charge is 0.273 e. The molecule has 0 spiro atoms. The predicted octanol–water partition coefficient (Wildman–Crippen LogP) is 2.99. The Balaban J connectivity index is 1.52. The molecule has 0 radical (unpaired) electrons. The molecule has 1 fully saturated rings. The van der Waals surface area contributed by atoms with E-state index in [1.807, 2.05) is 19.1 Å². The van der Waals surface area contributed by atoms with E-state index < -0.39 is 5.91 Å². The fraction of sp³-hybridized carbons (Fsp3) is 0.312. The Morgan fingerprint density at radius 3 is 2.83 bits per heavy atom. The molecule has 0 bridgehead atoms. The van der Waals surface area contributed by atoms with Gasteiger partial charge in [-0.05, 0) is 43.5 Å². The van der Waals surface area contributed by atoms with Crippen LogP contribution in [0.15, 0.2) is 33.3 Å². The topological polar surface area (TPSA) is 84.2 Å². The number of anilines is 1. The van der Waals surface area contributed by atoms with Gasteiger partial charge in [0, 0.05) is 22.1 Å². The summed E-state index contributed by atoms with van der Waals surface area (Å²) in [6.07, 6.45) is 2.15. The highest BCUT2D eigenvalue weighted by Gasteiger charge is 2.28. The Kier molecular flexibility index (Phi) is 4.47. The molecular weight excluding hydrogens is 362 g/mol. The second kappa shape index (κ2) is 6.54. The van der Waals surface area contributed by atoms with Crippen molar-refractivity contribution in [1.29, 1.82) is 0 Å². The van der Waals surface area contributed by atoms with Crippen LogP contribution in [0.4, 0.5) is 5.69 Å². The van der Waals surface area contributed by atoms with Gasteiger partial charge in [0.1, 0.15) is 5.76 Å². The first kappa shape index (κ1) is 15.7. The third-order valence-electron chi connectivity index (χ3n) is 3.61. The maximum atomic E-state index is 11.9. The zero-order valence-corrected chi connectivity index (χ0v) is 14.1. The summed E-state index contributed by atoms with van der Waals surface area (Å²) in [7, 11) is 0. The molecule has 1 aliphatic carbocycles. The standard InChI is InChI=1S/C16H16BrN3O3/c1-9-6-11(17)4-5-12(9)19-15(21)8-18-16(22)13-7-14(23-20-13)10-2-3-10/h4-7,10H,2-3,8H2,1H3,(H,18,22)(H,19,21). The highest BCUT2D eigenvalue weighted by atomic mass is 79.9. The lowest BCUT2D eigenvalue weighted by molar-refractivity contribution is -0.115. The molecule has 2 aromatic rings. The predicted molar refractivity (Wildman–Crippen MR) is 88.3 cm³/mol. The van der Waals surface area contributed by atoms with E-state index in [1.165, 1.54) is 0 Å². The van der Waals surface area contributed by atoms with Gasteiger partial charge < -0.3 is 15.2 Å². The van der Waals surface area contributed by atoms with Gasteiger partial charge in [0.25, 0.3) is 5.91 Å². The lowest BCUT2D eigenvalue weighted by Gasteiger charge is -2.09. The van der Waals surface area contributed by atoms with E-state index in [4.69, 9.17) is 4.52 Å². The quantitative estimate of drug-likeness (QED) is 0.838. The Bertz CT molecular complexity index is 753. The summed E-state index contributed by atoms with van der Waals surface area (Å²) in [4.78, 5) is 23.9. The molecule has 0 saturated heterocycles. The zero-order valence-electron chi connectivity index (χ0n) is 12.6. The number of carbonyl (C=O) groups is 2. The van der Waals surface area contributed by atoms with Crippen LogP contribution in [0.3, 0.4) is 0 Å². The number of hydrogen-bond acceptors (Lipinski definition) is 4. The SMILES string of the molecule is Cc1cc(Br)ccc1NC(=O)CNC(=O)c1cc(C2CC2)on1. The van der Waals surface area contributed by atoms with E-state index in [2.05, 4.69) is 31.7 Å². The fourth-order valence-electron chi connectivity index (χ4n) is 2.17. The maximum absolute atomic E-state index is 11.9. The lowest BCUT2D eigenvalue weighted by atomic mass is 10.2. The highest BCUT2D eigenvalue weighted by Crippen LogP contribution is 2.40. The number of aryl methyl sites for hydroxylation is 1. The third-order valence-corrected chi connectivity index (χ3v) is 4.11. The van der Waals surface area contributed by atoms with Gasteiger partial charge in [-0.3, -0.25) is 9.59 Å². The summed E-state index contributed by atoms with van der Waals surface area (Å²) in [5, 5.41) is 9.04. The molecular formula is C16H16BrN3O3. The maximum Gasteiger partial charge on any atom is 0.273 e. The zero-order chi connectivity index (χ0) is 16.4. The molecule has 1 aromatic carbocycles. The van der Waals surface area contributed by atoms with Gasteiger partial charge in [0.15, 0.2) is 5.69 Å². The molecule has 3 rings (SSSR count). The van der Waals surface area contributed by atoms with Gasteiger partial charge in [-0.1, -0.05) is 21.1 Å². The molecule has 2 N–H and O–H groups in total. The van der Waals surface area contributed by atoms with Gasteiger partial charge in [-0.15, -0.1) is 0 Å². The van der Waals surface area contributed by atoms with Gasteiger partial charge in [-0.2, -0.15) is 0 Å². The second-order valence-corrected chi connectivity index (χ2v) is 6.49. The van der Waals surface area contributed by atoms with Crippen LogP contribution in [-0.2, 0) is 4.79 Å². The molecule has 1 aliphatic rings. The second-order valence-electron chi connectivity index (χ2n) is 5.58. The van der Waals surface area contributed by atoms with E-state index in [1.54, 1.807) is 12.1 Å². The molecule has 120 valence electrons. The van der Waals surface area contributed by atoms with Crippen molar-refractivity contribution in [2.75, 3.05) is 11.9 Å². The minimum absolute atomic E-state index is 0.125. The van der Waals surface area contributed by atoms with E-state index in [0.29, 0.717) is 11.6 Å². The average molecular weight is 378 g/mol. The number of nitrogens with one attached hydrogen (secondary N) is 2. The summed E-state index contributed by atoms with van der Waals surface area (Å²) in [6, 6.07) is 7.20. The van der Waals surface area contributed by atoms with Crippen LogP contribution in [0, 0.1) is 6.92 Å². The number of benzene rings is 1. The highest BCUT2D eigenvalue weighted by molar-refractivity contribution is 9.10. The van der Waals surface area contributed by atoms with Crippen molar-refractivity contribution in [3.63, 3.8) is 0 Å². The Hall–Kier alpha value is -2.15. The molecule has 1 aromatic heterocycles. The van der Waals surface area contributed by atoms with Crippen LogP contribution in [0.25, 0.3) is 0 Å². The molecule has 6 nitrogen and oxygen atoms in total. The van der Waals surface area contributed by atoms with Gasteiger partial charge in [0.2, 0.25) is 5.91 Å². The number of hydrogen-bond donors (Lipinski definition) is 2. The van der Waals surface area contributed by atoms with Crippen molar-refractivity contribution < 1.29 is 14.1 Å². The summed E-state index contributed by atoms with van der Waals surface area (Å²) >= 11 is 3.37. The van der Waals surface area contributed by atoms with E-state index in [9.17, 15) is 9.59 Å². The first-order valence-corrected chi connectivity index (χ1v) is 8.13. The summed E-state index contributed by atoms with van der Waals surface area (Å²) in [5.74, 6) is 0.427. The van der Waals surface area contributed by atoms with Gasteiger partial charge in [-0.25, -0.2) is 0 Å². The Morgan fingerprint density at radius 1 is 1.35 bits per heavy atom. The summed E-state index contributed by atoms with van der Waals surface area (Å²) in [5.41, 5.74) is 1.86. The molecule has 23 heavy (non-hydrogen) atoms. The number of rotatable bonds is 5. The van der Waals surface area contributed by atoms with E-state index in [-0.39, 0.29) is 18.1 Å². The number of nitrogens with zero attached hydrogens (tertiary/aromatic N) is 1. The van der Waals surface area contributed by atoms with E-state index >= 15 is 0 Å². The van der Waals surface area contributed by atoms with Gasteiger partial charge in [0.05, 0.1) is 6.54 Å². The largest absolute Gasteiger partial charge is 0.360 e. The van der Waals surface area contributed by atoms with Crippen molar-refractivity contribution >= 4 is 33.4 Å². The summed E-state index contributed by atoms with van der Waals surface area (Å²) < 4.78 is 6.07. The molecule has 2 amide bonds. The number of aromatic nitrogens is 1. The lowest BCUT2D eigenvalue weighted by Crippen LogP contribution is -2.33. The monoisotopic (exact) mass is 377 g/mol. The van der Waals surface area contributed by atoms with E-state index in [0.717, 1.165) is 28.6 Å². The molecule has 0 aliphatic heterocycles. The fourth-order valence-corrected chi connectivity index (χ4v) is 2.64. The minimum Gasteiger partial charge on any atom is -0.360 e. The molecule has 0 unspecified atom stereocenters.